The van der Waals surface area contributed by atoms with Crippen molar-refractivity contribution in [2.24, 2.45) is 0 Å². The Morgan fingerprint density at radius 1 is 1.10 bits per heavy atom. The fourth-order valence-corrected chi connectivity index (χ4v) is 6.40. The largest absolute Gasteiger partial charge is 0.299 e. The van der Waals surface area contributed by atoms with Crippen molar-refractivity contribution in [3.8, 4) is 0 Å². The molecule has 0 unspecified atom stereocenters. The van der Waals surface area contributed by atoms with Crippen LogP contribution in [-0.2, 0) is 16.4 Å². The van der Waals surface area contributed by atoms with Gasteiger partial charge in [0.05, 0.1) is 21.0 Å². The first-order valence-corrected chi connectivity index (χ1v) is 13.1. The van der Waals surface area contributed by atoms with Gasteiger partial charge in [0.15, 0.2) is 0 Å². The van der Waals surface area contributed by atoms with Crippen molar-refractivity contribution in [1.82, 2.24) is 9.88 Å². The minimum Gasteiger partial charge on any atom is -0.299 e. The van der Waals surface area contributed by atoms with Crippen LogP contribution < -0.4 is 0 Å². The number of piperidine rings is 1. The molecule has 0 bridgehead atoms. The molecule has 4 rings (SSSR count). The number of sulfone groups is 1. The van der Waals surface area contributed by atoms with Crippen LogP contribution in [0.25, 0.3) is 10.2 Å². The summed E-state index contributed by atoms with van der Waals surface area (Å²) in [5.74, 6) is 0.803. The lowest BCUT2D eigenvalue weighted by molar-refractivity contribution is 0.204. The van der Waals surface area contributed by atoms with Crippen LogP contribution >= 0.6 is 23.7 Å². The Bertz CT molecular complexity index is 1040. The first-order chi connectivity index (χ1) is 13.9. The SMILES string of the molecule is C[C@@H](CS(C)(=O)=O)c1ccc(CN2CCC(c3nc4ccccc4s3)CC2)cc1.Cl. The molecule has 1 aliphatic heterocycles. The lowest BCUT2D eigenvalue weighted by Crippen LogP contribution is -2.32. The Kier molecular flexibility index (Phi) is 7.56. The molecule has 7 heteroatoms. The topological polar surface area (TPSA) is 50.3 Å². The minimum absolute atomic E-state index is 0. The standard InChI is InChI=1S/C23H28N2O2S2.ClH/c1-17(16-29(2,26)27)19-9-7-18(8-10-19)15-25-13-11-20(12-14-25)23-24-21-5-3-4-6-22(21)28-23;/h3-10,17,20H,11-16H2,1-2H3;1H/t17-;/m0./s1. The summed E-state index contributed by atoms with van der Waals surface area (Å²) in [5, 5.41) is 1.29. The highest BCUT2D eigenvalue weighted by molar-refractivity contribution is 7.90. The third-order valence-corrected chi connectivity index (χ3v) is 8.06. The van der Waals surface area contributed by atoms with E-state index in [1.54, 1.807) is 0 Å². The van der Waals surface area contributed by atoms with Gasteiger partial charge >= 0.3 is 0 Å². The van der Waals surface area contributed by atoms with Gasteiger partial charge in [-0.05, 0) is 55.1 Å². The Balaban J connectivity index is 0.00000256. The zero-order valence-electron chi connectivity index (χ0n) is 17.5. The predicted molar refractivity (Wildman–Crippen MR) is 129 cm³/mol. The van der Waals surface area contributed by atoms with Crippen molar-refractivity contribution in [3.05, 3.63) is 64.7 Å². The number of para-hydroxylation sites is 1. The van der Waals surface area contributed by atoms with Crippen LogP contribution in [0.5, 0.6) is 0 Å². The third-order valence-electron chi connectivity index (χ3n) is 5.75. The molecule has 1 aromatic heterocycles. The molecule has 1 fully saturated rings. The van der Waals surface area contributed by atoms with E-state index >= 15 is 0 Å². The van der Waals surface area contributed by atoms with Gasteiger partial charge in [-0.3, -0.25) is 4.90 Å². The summed E-state index contributed by atoms with van der Waals surface area (Å²) in [7, 11) is -2.95. The van der Waals surface area contributed by atoms with Gasteiger partial charge in [0.2, 0.25) is 0 Å². The molecule has 0 amide bonds. The summed E-state index contributed by atoms with van der Waals surface area (Å²) in [4.78, 5) is 7.37. The normalized spacial score (nSPS) is 17.0. The molecule has 1 aliphatic rings. The highest BCUT2D eigenvalue weighted by Crippen LogP contribution is 2.34. The predicted octanol–water partition coefficient (Wildman–Crippen LogP) is 5.25. The highest BCUT2D eigenvalue weighted by Gasteiger charge is 2.23. The van der Waals surface area contributed by atoms with Crippen molar-refractivity contribution in [2.45, 2.75) is 38.1 Å². The summed E-state index contributed by atoms with van der Waals surface area (Å²) < 4.78 is 24.3. The van der Waals surface area contributed by atoms with Crippen LogP contribution in [0.3, 0.4) is 0 Å². The lowest BCUT2D eigenvalue weighted by Gasteiger charge is -2.31. The molecule has 162 valence electrons. The van der Waals surface area contributed by atoms with Crippen molar-refractivity contribution in [3.63, 3.8) is 0 Å². The van der Waals surface area contributed by atoms with E-state index in [1.807, 2.05) is 18.3 Å². The molecule has 1 atom stereocenters. The van der Waals surface area contributed by atoms with Gasteiger partial charge in [0.25, 0.3) is 0 Å². The van der Waals surface area contributed by atoms with Crippen molar-refractivity contribution in [2.75, 3.05) is 25.1 Å². The molecule has 0 saturated carbocycles. The number of thiazole rings is 1. The van der Waals surface area contributed by atoms with E-state index in [0.717, 1.165) is 43.6 Å². The summed E-state index contributed by atoms with van der Waals surface area (Å²) in [6, 6.07) is 16.9. The number of benzene rings is 2. The molecule has 0 N–H and O–H groups in total. The summed E-state index contributed by atoms with van der Waals surface area (Å²) in [6.07, 6.45) is 3.61. The monoisotopic (exact) mass is 464 g/mol. The number of hydrogen-bond donors (Lipinski definition) is 0. The number of likely N-dealkylation sites (tertiary alicyclic amines) is 1. The third kappa shape index (κ3) is 5.82. The fourth-order valence-electron chi connectivity index (χ4n) is 4.16. The molecule has 3 aromatic rings. The van der Waals surface area contributed by atoms with Crippen LogP contribution in [-0.4, -0.2) is 43.4 Å². The molecule has 2 heterocycles. The second-order valence-corrected chi connectivity index (χ2v) is 11.6. The Morgan fingerprint density at radius 2 is 1.77 bits per heavy atom. The molecule has 4 nitrogen and oxygen atoms in total. The maximum absolute atomic E-state index is 11.5. The first-order valence-electron chi connectivity index (χ1n) is 10.2. The van der Waals surface area contributed by atoms with E-state index in [2.05, 4.69) is 53.4 Å². The molecule has 30 heavy (non-hydrogen) atoms. The molecular weight excluding hydrogens is 436 g/mol. The van der Waals surface area contributed by atoms with Crippen LogP contribution in [0.2, 0.25) is 0 Å². The summed E-state index contributed by atoms with van der Waals surface area (Å²) in [6.45, 7) is 5.11. The van der Waals surface area contributed by atoms with Crippen LogP contribution in [0, 0.1) is 0 Å². The summed E-state index contributed by atoms with van der Waals surface area (Å²) >= 11 is 1.84. The zero-order chi connectivity index (χ0) is 20.4. The van der Waals surface area contributed by atoms with Gasteiger partial charge in [0.1, 0.15) is 9.84 Å². The highest BCUT2D eigenvalue weighted by atomic mass is 35.5. The molecule has 1 saturated heterocycles. The average molecular weight is 465 g/mol. The number of rotatable bonds is 6. The van der Waals surface area contributed by atoms with Gasteiger partial charge in [-0.15, -0.1) is 23.7 Å². The molecular formula is C23H29ClN2O2S2. The van der Waals surface area contributed by atoms with E-state index in [-0.39, 0.29) is 24.1 Å². The van der Waals surface area contributed by atoms with E-state index in [1.165, 1.54) is 21.5 Å². The van der Waals surface area contributed by atoms with Gasteiger partial charge in [-0.2, -0.15) is 0 Å². The van der Waals surface area contributed by atoms with Crippen LogP contribution in [0.4, 0.5) is 0 Å². The van der Waals surface area contributed by atoms with Crippen LogP contribution in [0.15, 0.2) is 48.5 Å². The van der Waals surface area contributed by atoms with E-state index < -0.39 is 9.84 Å². The first kappa shape index (κ1) is 23.2. The molecule has 2 aromatic carbocycles. The second kappa shape index (κ2) is 9.77. The van der Waals surface area contributed by atoms with Crippen LogP contribution in [0.1, 0.15) is 47.7 Å². The molecule has 0 radical (unpaired) electrons. The Labute approximate surface area is 189 Å². The fraction of sp³-hybridized carbons (Fsp3) is 0.435. The number of halogens is 1. The lowest BCUT2D eigenvalue weighted by atomic mass is 9.96. The van der Waals surface area contributed by atoms with Crippen molar-refractivity contribution >= 4 is 43.8 Å². The van der Waals surface area contributed by atoms with Crippen molar-refractivity contribution < 1.29 is 8.42 Å². The van der Waals surface area contributed by atoms with Gasteiger partial charge in [0, 0.05) is 18.7 Å². The van der Waals surface area contributed by atoms with Gasteiger partial charge in [-0.1, -0.05) is 43.3 Å². The minimum atomic E-state index is -2.95. The van der Waals surface area contributed by atoms with E-state index in [9.17, 15) is 8.42 Å². The maximum atomic E-state index is 11.5. The van der Waals surface area contributed by atoms with E-state index in [0.29, 0.717) is 5.92 Å². The number of nitrogens with zero attached hydrogens (tertiary/aromatic N) is 2. The molecule has 0 aliphatic carbocycles. The summed E-state index contributed by atoms with van der Waals surface area (Å²) in [5.41, 5.74) is 3.51. The molecule has 0 spiro atoms. The van der Waals surface area contributed by atoms with Crippen molar-refractivity contribution in [1.29, 1.82) is 0 Å². The quantitative estimate of drug-likeness (QED) is 0.500. The zero-order valence-corrected chi connectivity index (χ0v) is 19.9. The van der Waals surface area contributed by atoms with Gasteiger partial charge in [-0.25, -0.2) is 13.4 Å². The van der Waals surface area contributed by atoms with Gasteiger partial charge < -0.3 is 0 Å². The number of fused-ring (bicyclic) bond motifs is 1. The number of aromatic nitrogens is 1. The second-order valence-electron chi connectivity index (χ2n) is 8.31. The van der Waals surface area contributed by atoms with E-state index in [4.69, 9.17) is 4.98 Å². The Hall–Kier alpha value is -1.47. The Morgan fingerprint density at radius 3 is 2.40 bits per heavy atom. The maximum Gasteiger partial charge on any atom is 0.148 e. The average Bonchev–Trinajstić information content (AvgIpc) is 3.12. The smallest absolute Gasteiger partial charge is 0.148 e. The number of hydrogen-bond acceptors (Lipinski definition) is 5.